The summed E-state index contributed by atoms with van der Waals surface area (Å²) in [5.74, 6) is 0.251. The van der Waals surface area contributed by atoms with Crippen LogP contribution < -0.4 is 0 Å². The van der Waals surface area contributed by atoms with E-state index in [0.717, 1.165) is 39.5 Å². The number of methoxy groups -OCH3 is 1. The number of nitrogens with zero attached hydrogens (tertiary/aromatic N) is 1. The monoisotopic (exact) mass is 273 g/mol. The first-order chi connectivity index (χ1) is 9.28. The lowest BCUT2D eigenvalue weighted by Crippen LogP contribution is -2.07. The molecule has 2 aromatic rings. The van der Waals surface area contributed by atoms with Gasteiger partial charge >= 0.3 is 0 Å². The highest BCUT2D eigenvalue weighted by atomic mass is 32.1. The zero-order valence-corrected chi connectivity index (χ0v) is 11.6. The van der Waals surface area contributed by atoms with E-state index >= 15 is 0 Å². The number of hydrogen-bond donors (Lipinski definition) is 0. The number of hydrogen-bond acceptors (Lipinski definition) is 4. The molecule has 0 bridgehead atoms. The molecule has 3 rings (SSSR count). The van der Waals surface area contributed by atoms with Gasteiger partial charge in [-0.25, -0.2) is 4.98 Å². The van der Waals surface area contributed by atoms with Crippen molar-refractivity contribution in [2.75, 3.05) is 7.11 Å². The van der Waals surface area contributed by atoms with Crippen molar-refractivity contribution in [2.45, 2.75) is 25.9 Å². The third kappa shape index (κ3) is 2.46. The summed E-state index contributed by atoms with van der Waals surface area (Å²) in [5, 5.41) is 0.948. The van der Waals surface area contributed by atoms with Crippen LogP contribution in [0.2, 0.25) is 0 Å². The van der Waals surface area contributed by atoms with Crippen molar-refractivity contribution in [2.24, 2.45) is 0 Å². The summed E-state index contributed by atoms with van der Waals surface area (Å²) in [7, 11) is 1.69. The average molecular weight is 273 g/mol. The molecule has 0 saturated carbocycles. The molecule has 0 spiro atoms. The number of rotatable bonds is 3. The normalized spacial score (nSPS) is 14.5. The van der Waals surface area contributed by atoms with E-state index in [1.54, 1.807) is 7.11 Å². The van der Waals surface area contributed by atoms with Crippen molar-refractivity contribution in [3.05, 3.63) is 40.4 Å². The van der Waals surface area contributed by atoms with Gasteiger partial charge in [-0.15, -0.1) is 11.3 Å². The fraction of sp³-hybridized carbons (Fsp3) is 0.333. The summed E-state index contributed by atoms with van der Waals surface area (Å²) >= 11 is 1.52. The van der Waals surface area contributed by atoms with Crippen molar-refractivity contribution in [3.8, 4) is 10.6 Å². The van der Waals surface area contributed by atoms with Crippen LogP contribution in [0, 0.1) is 0 Å². The van der Waals surface area contributed by atoms with Crippen LogP contribution in [-0.4, -0.2) is 17.9 Å². The zero-order valence-electron chi connectivity index (χ0n) is 10.8. The molecule has 1 aromatic carbocycles. The van der Waals surface area contributed by atoms with E-state index in [-0.39, 0.29) is 5.78 Å². The highest BCUT2D eigenvalue weighted by molar-refractivity contribution is 7.17. The number of aryl methyl sites for hydroxylation is 1. The summed E-state index contributed by atoms with van der Waals surface area (Å²) in [4.78, 5) is 17.3. The highest BCUT2D eigenvalue weighted by Gasteiger charge is 2.22. The molecule has 0 amide bonds. The molecule has 1 aliphatic rings. The Bertz CT molecular complexity index is 601. The van der Waals surface area contributed by atoms with E-state index in [9.17, 15) is 4.79 Å². The molecule has 0 N–H and O–H groups in total. The molecule has 0 radical (unpaired) electrons. The Hall–Kier alpha value is -1.52. The lowest BCUT2D eigenvalue weighted by Gasteiger charge is -2.06. The van der Waals surface area contributed by atoms with Gasteiger partial charge in [-0.05, 0) is 18.4 Å². The minimum atomic E-state index is 0.251. The predicted octanol–water partition coefficient (Wildman–Crippen LogP) is 3.48. The van der Waals surface area contributed by atoms with Crippen LogP contribution in [0.4, 0.5) is 0 Å². The molecule has 1 aliphatic carbocycles. The maximum absolute atomic E-state index is 11.8. The first kappa shape index (κ1) is 12.5. The summed E-state index contributed by atoms with van der Waals surface area (Å²) in [5.41, 5.74) is 3.20. The van der Waals surface area contributed by atoms with E-state index in [1.807, 2.05) is 24.3 Å². The number of carbonyl (C=O) groups excluding carboxylic acids is 1. The summed E-state index contributed by atoms with van der Waals surface area (Å²) in [6.45, 7) is 0.618. The number of fused-ring (bicyclic) bond motifs is 1. The Labute approximate surface area is 116 Å². The minimum absolute atomic E-state index is 0.251. The summed E-state index contributed by atoms with van der Waals surface area (Å²) in [6, 6.07) is 8.17. The van der Waals surface area contributed by atoms with Crippen LogP contribution in [0.5, 0.6) is 0 Å². The SMILES string of the molecule is COCc1ccc(-c2nc3c(s2)C(=O)CCC3)cc1. The van der Waals surface area contributed by atoms with Gasteiger partial charge in [0.2, 0.25) is 0 Å². The molecule has 0 aliphatic heterocycles. The second-order valence-corrected chi connectivity index (χ2v) is 5.70. The largest absolute Gasteiger partial charge is 0.380 e. The Morgan fingerprint density at radius 2 is 2.05 bits per heavy atom. The maximum atomic E-state index is 11.8. The quantitative estimate of drug-likeness (QED) is 0.859. The van der Waals surface area contributed by atoms with Gasteiger partial charge in [-0.3, -0.25) is 4.79 Å². The minimum Gasteiger partial charge on any atom is -0.380 e. The van der Waals surface area contributed by atoms with Crippen LogP contribution >= 0.6 is 11.3 Å². The number of benzene rings is 1. The van der Waals surface area contributed by atoms with Crippen LogP contribution in [0.1, 0.15) is 33.8 Å². The lowest BCUT2D eigenvalue weighted by atomic mass is 10.0. The van der Waals surface area contributed by atoms with Crippen molar-refractivity contribution in [1.82, 2.24) is 4.98 Å². The number of aromatic nitrogens is 1. The molecule has 4 heteroatoms. The third-order valence-corrected chi connectivity index (χ3v) is 4.47. The third-order valence-electron chi connectivity index (χ3n) is 3.28. The molecule has 0 unspecified atom stereocenters. The summed E-state index contributed by atoms with van der Waals surface area (Å²) in [6.07, 6.45) is 2.53. The standard InChI is InChI=1S/C15H15NO2S/c1-18-9-10-5-7-11(8-6-10)15-16-12-3-2-4-13(17)14(12)19-15/h5-8H,2-4,9H2,1H3. The molecule has 19 heavy (non-hydrogen) atoms. The van der Waals surface area contributed by atoms with Gasteiger partial charge in [-0.1, -0.05) is 24.3 Å². The van der Waals surface area contributed by atoms with E-state index in [4.69, 9.17) is 4.74 Å². The number of Topliss-reactive ketones (excluding diaryl/α,β-unsaturated/α-hetero) is 1. The Morgan fingerprint density at radius 3 is 2.74 bits per heavy atom. The highest BCUT2D eigenvalue weighted by Crippen LogP contribution is 2.32. The topological polar surface area (TPSA) is 39.2 Å². The Kier molecular flexibility index (Phi) is 3.44. The van der Waals surface area contributed by atoms with E-state index < -0.39 is 0 Å². The van der Waals surface area contributed by atoms with E-state index in [2.05, 4.69) is 4.98 Å². The predicted molar refractivity (Wildman–Crippen MR) is 75.5 cm³/mol. The van der Waals surface area contributed by atoms with Gasteiger partial charge in [0.1, 0.15) is 5.01 Å². The van der Waals surface area contributed by atoms with Gasteiger partial charge in [0.05, 0.1) is 17.2 Å². The second kappa shape index (κ2) is 5.23. The van der Waals surface area contributed by atoms with E-state index in [0.29, 0.717) is 13.0 Å². The maximum Gasteiger partial charge on any atom is 0.174 e. The van der Waals surface area contributed by atoms with Crippen LogP contribution in [0.25, 0.3) is 10.6 Å². The number of thiazole rings is 1. The molecule has 0 fully saturated rings. The van der Waals surface area contributed by atoms with E-state index in [1.165, 1.54) is 11.3 Å². The first-order valence-electron chi connectivity index (χ1n) is 6.39. The van der Waals surface area contributed by atoms with Crippen molar-refractivity contribution < 1.29 is 9.53 Å². The summed E-state index contributed by atoms with van der Waals surface area (Å²) < 4.78 is 5.10. The van der Waals surface area contributed by atoms with Crippen LogP contribution in [0.15, 0.2) is 24.3 Å². The molecule has 1 aromatic heterocycles. The van der Waals surface area contributed by atoms with Crippen molar-refractivity contribution in [1.29, 1.82) is 0 Å². The number of ketones is 1. The molecular weight excluding hydrogens is 258 g/mol. The average Bonchev–Trinajstić information content (AvgIpc) is 2.85. The van der Waals surface area contributed by atoms with Crippen molar-refractivity contribution >= 4 is 17.1 Å². The number of ether oxygens (including phenoxy) is 1. The van der Waals surface area contributed by atoms with Gasteiger partial charge in [-0.2, -0.15) is 0 Å². The zero-order chi connectivity index (χ0) is 13.2. The van der Waals surface area contributed by atoms with Gasteiger partial charge in [0.25, 0.3) is 0 Å². The van der Waals surface area contributed by atoms with Crippen LogP contribution in [0.3, 0.4) is 0 Å². The fourth-order valence-electron chi connectivity index (χ4n) is 2.30. The molecule has 3 nitrogen and oxygen atoms in total. The van der Waals surface area contributed by atoms with Crippen LogP contribution in [-0.2, 0) is 17.8 Å². The fourth-order valence-corrected chi connectivity index (χ4v) is 3.39. The molecule has 1 heterocycles. The number of carbonyl (C=O) groups is 1. The Morgan fingerprint density at radius 1 is 1.26 bits per heavy atom. The smallest absolute Gasteiger partial charge is 0.174 e. The van der Waals surface area contributed by atoms with Gasteiger partial charge < -0.3 is 4.74 Å². The van der Waals surface area contributed by atoms with Gasteiger partial charge in [0, 0.05) is 19.1 Å². The lowest BCUT2D eigenvalue weighted by molar-refractivity contribution is 0.0976. The second-order valence-electron chi connectivity index (χ2n) is 4.70. The first-order valence-corrected chi connectivity index (χ1v) is 7.21. The van der Waals surface area contributed by atoms with Crippen molar-refractivity contribution in [3.63, 3.8) is 0 Å². The molecular formula is C15H15NO2S. The molecule has 0 atom stereocenters. The molecule has 0 saturated heterocycles. The molecule has 98 valence electrons. The Balaban J connectivity index is 1.92. The van der Waals surface area contributed by atoms with Gasteiger partial charge in [0.15, 0.2) is 5.78 Å².